The standard InChI is InChI=1S/C14H9F3O2/c1-19-14(18)10-7-9(8-5-3-2-4-6-8)11(15)13(17)12(10)16/h2-7H,1H3. The van der Waals surface area contributed by atoms with Crippen molar-refractivity contribution < 1.29 is 22.7 Å². The van der Waals surface area contributed by atoms with Gasteiger partial charge in [0.05, 0.1) is 12.7 Å². The number of halogens is 3. The Morgan fingerprint density at radius 1 is 1.00 bits per heavy atom. The van der Waals surface area contributed by atoms with Crippen molar-refractivity contribution in [1.82, 2.24) is 0 Å². The molecule has 2 aromatic rings. The Labute approximate surface area is 107 Å². The fraction of sp³-hybridized carbons (Fsp3) is 0.0714. The number of carbonyl (C=O) groups is 1. The molecule has 0 N–H and O–H groups in total. The summed E-state index contributed by atoms with van der Waals surface area (Å²) in [6.45, 7) is 0. The second kappa shape index (κ2) is 5.14. The molecule has 0 aliphatic carbocycles. The lowest BCUT2D eigenvalue weighted by Crippen LogP contribution is -2.08. The van der Waals surface area contributed by atoms with Gasteiger partial charge in [-0.15, -0.1) is 0 Å². The topological polar surface area (TPSA) is 26.3 Å². The molecule has 0 fully saturated rings. The molecule has 0 radical (unpaired) electrons. The first-order chi connectivity index (χ1) is 9.06. The molecular formula is C14H9F3O2. The molecule has 2 aromatic carbocycles. The van der Waals surface area contributed by atoms with Gasteiger partial charge in [-0.3, -0.25) is 0 Å². The van der Waals surface area contributed by atoms with E-state index in [0.29, 0.717) is 5.56 Å². The van der Waals surface area contributed by atoms with Gasteiger partial charge in [-0.05, 0) is 11.6 Å². The van der Waals surface area contributed by atoms with Gasteiger partial charge >= 0.3 is 5.97 Å². The van der Waals surface area contributed by atoms with E-state index in [1.165, 1.54) is 12.1 Å². The Morgan fingerprint density at radius 2 is 1.63 bits per heavy atom. The maximum absolute atomic E-state index is 13.7. The first-order valence-corrected chi connectivity index (χ1v) is 5.37. The summed E-state index contributed by atoms with van der Waals surface area (Å²) in [5.74, 6) is -5.64. The van der Waals surface area contributed by atoms with Gasteiger partial charge in [-0.2, -0.15) is 0 Å². The predicted molar refractivity (Wildman–Crippen MR) is 63.1 cm³/mol. The summed E-state index contributed by atoms with van der Waals surface area (Å²) in [6.07, 6.45) is 0. The number of methoxy groups -OCH3 is 1. The Hall–Kier alpha value is -2.30. The molecule has 5 heteroatoms. The normalized spacial score (nSPS) is 10.3. The van der Waals surface area contributed by atoms with Crippen LogP contribution in [0.15, 0.2) is 36.4 Å². The fourth-order valence-electron chi connectivity index (χ4n) is 1.69. The summed E-state index contributed by atoms with van der Waals surface area (Å²) < 4.78 is 45.0. The Morgan fingerprint density at radius 3 is 2.21 bits per heavy atom. The van der Waals surface area contributed by atoms with E-state index in [-0.39, 0.29) is 5.56 Å². The molecule has 0 aliphatic heterocycles. The van der Waals surface area contributed by atoms with Gasteiger partial charge in [-0.1, -0.05) is 30.3 Å². The van der Waals surface area contributed by atoms with Crippen LogP contribution < -0.4 is 0 Å². The number of hydrogen-bond donors (Lipinski definition) is 0. The summed E-state index contributed by atoms with van der Waals surface area (Å²) in [6, 6.07) is 8.92. The van der Waals surface area contributed by atoms with Crippen molar-refractivity contribution in [3.63, 3.8) is 0 Å². The minimum absolute atomic E-state index is 0.195. The highest BCUT2D eigenvalue weighted by atomic mass is 19.2. The quantitative estimate of drug-likeness (QED) is 0.613. The van der Waals surface area contributed by atoms with Crippen LogP contribution in [-0.2, 0) is 4.74 Å². The fourth-order valence-corrected chi connectivity index (χ4v) is 1.69. The molecule has 98 valence electrons. The van der Waals surface area contributed by atoms with Gasteiger partial charge in [0.2, 0.25) is 0 Å². The molecule has 0 unspecified atom stereocenters. The molecule has 2 nitrogen and oxygen atoms in total. The summed E-state index contributed by atoms with van der Waals surface area (Å²) in [7, 11) is 1.03. The van der Waals surface area contributed by atoms with E-state index in [9.17, 15) is 18.0 Å². The van der Waals surface area contributed by atoms with E-state index >= 15 is 0 Å². The van der Waals surface area contributed by atoms with Gasteiger partial charge < -0.3 is 4.74 Å². The van der Waals surface area contributed by atoms with Crippen molar-refractivity contribution in [3.8, 4) is 11.1 Å². The zero-order chi connectivity index (χ0) is 14.0. The van der Waals surface area contributed by atoms with Gasteiger partial charge in [-0.25, -0.2) is 18.0 Å². The summed E-state index contributed by atoms with van der Waals surface area (Å²) in [5.41, 5.74) is -0.496. The number of benzene rings is 2. The van der Waals surface area contributed by atoms with Crippen molar-refractivity contribution in [2.45, 2.75) is 0 Å². The van der Waals surface area contributed by atoms with Gasteiger partial charge in [0, 0.05) is 5.56 Å². The molecule has 0 atom stereocenters. The Balaban J connectivity index is 2.69. The van der Waals surface area contributed by atoms with E-state index in [1.54, 1.807) is 18.2 Å². The third-order valence-electron chi connectivity index (χ3n) is 2.64. The van der Waals surface area contributed by atoms with Crippen LogP contribution >= 0.6 is 0 Å². The largest absolute Gasteiger partial charge is 0.465 e. The maximum Gasteiger partial charge on any atom is 0.340 e. The molecule has 0 amide bonds. The van der Waals surface area contributed by atoms with Crippen LogP contribution in [0.25, 0.3) is 11.1 Å². The summed E-state index contributed by atoms with van der Waals surface area (Å²) in [5, 5.41) is 0. The molecule has 0 heterocycles. The number of ether oxygens (including phenoxy) is 1. The molecule has 0 saturated carbocycles. The second-order valence-corrected chi connectivity index (χ2v) is 3.77. The van der Waals surface area contributed by atoms with Crippen LogP contribution in [0.5, 0.6) is 0 Å². The first-order valence-electron chi connectivity index (χ1n) is 5.37. The third-order valence-corrected chi connectivity index (χ3v) is 2.64. The van der Waals surface area contributed by atoms with Crippen molar-refractivity contribution in [2.75, 3.05) is 7.11 Å². The van der Waals surface area contributed by atoms with Crippen LogP contribution in [0.2, 0.25) is 0 Å². The summed E-state index contributed by atoms with van der Waals surface area (Å²) in [4.78, 5) is 11.3. The lowest BCUT2D eigenvalue weighted by atomic mass is 10.0. The number of carbonyl (C=O) groups excluding carboxylic acids is 1. The maximum atomic E-state index is 13.7. The zero-order valence-electron chi connectivity index (χ0n) is 9.91. The van der Waals surface area contributed by atoms with Crippen LogP contribution in [0.1, 0.15) is 10.4 Å². The highest BCUT2D eigenvalue weighted by Gasteiger charge is 2.23. The lowest BCUT2D eigenvalue weighted by Gasteiger charge is -2.08. The molecule has 0 spiro atoms. The van der Waals surface area contributed by atoms with Gasteiger partial charge in [0.1, 0.15) is 0 Å². The molecule has 0 bridgehead atoms. The average Bonchev–Trinajstić information content (AvgIpc) is 2.45. The van der Waals surface area contributed by atoms with E-state index in [1.807, 2.05) is 0 Å². The number of rotatable bonds is 2. The van der Waals surface area contributed by atoms with E-state index in [4.69, 9.17) is 0 Å². The highest BCUT2D eigenvalue weighted by Crippen LogP contribution is 2.28. The summed E-state index contributed by atoms with van der Waals surface area (Å²) >= 11 is 0. The van der Waals surface area contributed by atoms with Crippen molar-refractivity contribution >= 4 is 5.97 Å². The molecule has 19 heavy (non-hydrogen) atoms. The van der Waals surface area contributed by atoms with Crippen LogP contribution in [0.3, 0.4) is 0 Å². The minimum atomic E-state index is -1.69. The molecule has 2 rings (SSSR count). The minimum Gasteiger partial charge on any atom is -0.465 e. The molecule has 0 saturated heterocycles. The highest BCUT2D eigenvalue weighted by molar-refractivity contribution is 5.91. The van der Waals surface area contributed by atoms with Crippen molar-refractivity contribution in [3.05, 3.63) is 59.4 Å². The average molecular weight is 266 g/mol. The van der Waals surface area contributed by atoms with Crippen molar-refractivity contribution in [1.29, 1.82) is 0 Å². The third kappa shape index (κ3) is 2.31. The Kier molecular flexibility index (Phi) is 3.55. The van der Waals surface area contributed by atoms with Gasteiger partial charge in [0.15, 0.2) is 17.5 Å². The smallest absolute Gasteiger partial charge is 0.340 e. The van der Waals surface area contributed by atoms with Crippen LogP contribution in [0.4, 0.5) is 13.2 Å². The van der Waals surface area contributed by atoms with Crippen LogP contribution in [0, 0.1) is 17.5 Å². The lowest BCUT2D eigenvalue weighted by molar-refractivity contribution is 0.0594. The predicted octanol–water partition coefficient (Wildman–Crippen LogP) is 3.56. The molecular weight excluding hydrogens is 257 g/mol. The molecule has 0 aliphatic rings. The molecule has 0 aromatic heterocycles. The monoisotopic (exact) mass is 266 g/mol. The van der Waals surface area contributed by atoms with Gasteiger partial charge in [0.25, 0.3) is 0 Å². The van der Waals surface area contributed by atoms with Crippen molar-refractivity contribution in [2.24, 2.45) is 0 Å². The van der Waals surface area contributed by atoms with Crippen LogP contribution in [-0.4, -0.2) is 13.1 Å². The Bertz CT molecular complexity index is 624. The SMILES string of the molecule is COC(=O)c1cc(-c2ccccc2)c(F)c(F)c1F. The van der Waals surface area contributed by atoms with E-state index in [0.717, 1.165) is 13.2 Å². The van der Waals surface area contributed by atoms with E-state index in [2.05, 4.69) is 4.74 Å². The number of hydrogen-bond acceptors (Lipinski definition) is 2. The second-order valence-electron chi connectivity index (χ2n) is 3.77. The first kappa shape index (κ1) is 13.1. The van der Waals surface area contributed by atoms with E-state index < -0.39 is 29.0 Å². The number of esters is 1. The zero-order valence-corrected chi connectivity index (χ0v) is 9.91.